The Kier molecular flexibility index (Phi) is 9.68. The van der Waals surface area contributed by atoms with Crippen LogP contribution in [0.5, 0.6) is 0 Å². The van der Waals surface area contributed by atoms with Gasteiger partial charge in [0, 0.05) is 16.6 Å². The van der Waals surface area contributed by atoms with E-state index in [2.05, 4.69) is 21.2 Å². The van der Waals surface area contributed by atoms with Crippen molar-refractivity contribution in [1.82, 2.24) is 5.48 Å². The topological polar surface area (TPSA) is 87.7 Å². The summed E-state index contributed by atoms with van der Waals surface area (Å²) in [4.78, 5) is 23.7. The van der Waals surface area contributed by atoms with Gasteiger partial charge in [-0.25, -0.2) is 5.48 Å². The molecule has 6 nitrogen and oxygen atoms in total. The SMILES string of the molecule is O=C(CCCCCC(OCc1ccc(Br)cc1)C(=O)NO)Nc1ccccc1. The predicted molar refractivity (Wildman–Crippen MR) is 111 cm³/mol. The van der Waals surface area contributed by atoms with Crippen LogP contribution in [0, 0.1) is 0 Å². The second-order valence-corrected chi connectivity index (χ2v) is 7.33. The third-order valence-electron chi connectivity index (χ3n) is 4.19. The van der Waals surface area contributed by atoms with Crippen molar-refractivity contribution >= 4 is 33.4 Å². The Labute approximate surface area is 173 Å². The van der Waals surface area contributed by atoms with Crippen molar-refractivity contribution in [2.45, 2.75) is 44.8 Å². The number of hydroxylamine groups is 1. The maximum Gasteiger partial charge on any atom is 0.272 e. The highest BCUT2D eigenvalue weighted by molar-refractivity contribution is 9.10. The van der Waals surface area contributed by atoms with Crippen molar-refractivity contribution in [3.63, 3.8) is 0 Å². The fourth-order valence-corrected chi connectivity index (χ4v) is 2.94. The van der Waals surface area contributed by atoms with Crippen LogP contribution < -0.4 is 10.8 Å². The molecule has 0 bridgehead atoms. The molecule has 1 atom stereocenters. The number of halogens is 1. The van der Waals surface area contributed by atoms with E-state index < -0.39 is 12.0 Å². The number of ether oxygens (including phenoxy) is 1. The number of hydrogen-bond donors (Lipinski definition) is 3. The van der Waals surface area contributed by atoms with Gasteiger partial charge in [-0.05, 0) is 42.7 Å². The molecule has 0 aliphatic heterocycles. The molecule has 2 rings (SSSR count). The van der Waals surface area contributed by atoms with Gasteiger partial charge in [0.15, 0.2) is 0 Å². The average molecular weight is 449 g/mol. The molecule has 1 unspecified atom stereocenters. The van der Waals surface area contributed by atoms with E-state index in [0.29, 0.717) is 12.8 Å². The number of benzene rings is 2. The minimum Gasteiger partial charge on any atom is -0.364 e. The van der Waals surface area contributed by atoms with Crippen LogP contribution in [0.25, 0.3) is 0 Å². The minimum absolute atomic E-state index is 0.0256. The number of rotatable bonds is 11. The quantitative estimate of drug-likeness (QED) is 0.269. The lowest BCUT2D eigenvalue weighted by atomic mass is 10.1. The van der Waals surface area contributed by atoms with Gasteiger partial charge in [0.25, 0.3) is 5.91 Å². The van der Waals surface area contributed by atoms with Crippen molar-refractivity contribution in [2.75, 3.05) is 5.32 Å². The number of carbonyl (C=O) groups excluding carboxylic acids is 2. The highest BCUT2D eigenvalue weighted by Crippen LogP contribution is 2.15. The number of nitrogens with one attached hydrogen (secondary N) is 2. The number of hydrogen-bond acceptors (Lipinski definition) is 4. The van der Waals surface area contributed by atoms with Crippen LogP contribution in [0.2, 0.25) is 0 Å². The monoisotopic (exact) mass is 448 g/mol. The molecule has 0 saturated heterocycles. The minimum atomic E-state index is -0.730. The van der Waals surface area contributed by atoms with Gasteiger partial charge in [-0.3, -0.25) is 14.8 Å². The molecule has 0 aliphatic rings. The number of amides is 2. The summed E-state index contributed by atoms with van der Waals surface area (Å²) in [7, 11) is 0. The summed E-state index contributed by atoms with van der Waals surface area (Å²) >= 11 is 3.37. The summed E-state index contributed by atoms with van der Waals surface area (Å²) < 4.78 is 6.63. The number of unbranched alkanes of at least 4 members (excludes halogenated alkanes) is 2. The molecular weight excluding hydrogens is 424 g/mol. The number of anilines is 1. The largest absolute Gasteiger partial charge is 0.364 e. The summed E-state index contributed by atoms with van der Waals surface area (Å²) in [5.74, 6) is -0.582. The first-order chi connectivity index (χ1) is 13.6. The zero-order valence-electron chi connectivity index (χ0n) is 15.6. The Morgan fingerprint density at radius 1 is 1.00 bits per heavy atom. The fraction of sp³-hybridized carbons (Fsp3) is 0.333. The van der Waals surface area contributed by atoms with Crippen molar-refractivity contribution in [2.24, 2.45) is 0 Å². The van der Waals surface area contributed by atoms with Gasteiger partial charge in [0.2, 0.25) is 5.91 Å². The summed E-state index contributed by atoms with van der Waals surface area (Å²) in [5, 5.41) is 11.8. The van der Waals surface area contributed by atoms with E-state index in [1.54, 1.807) is 5.48 Å². The first-order valence-corrected chi connectivity index (χ1v) is 10.0. The zero-order chi connectivity index (χ0) is 20.2. The van der Waals surface area contributed by atoms with Crippen molar-refractivity contribution in [3.8, 4) is 0 Å². The molecule has 28 heavy (non-hydrogen) atoms. The molecule has 7 heteroatoms. The van der Waals surface area contributed by atoms with Crippen LogP contribution in [-0.4, -0.2) is 23.1 Å². The Bertz CT molecular complexity index is 738. The average Bonchev–Trinajstić information content (AvgIpc) is 2.71. The maximum atomic E-state index is 11.9. The standard InChI is InChI=1S/C21H25BrN2O4/c22-17-13-11-16(12-14-17)15-28-19(21(26)24-27)9-5-2-6-10-20(25)23-18-7-3-1-4-8-18/h1,3-4,7-8,11-14,19,27H,2,5-6,9-10,15H2,(H,23,25)(H,24,26). The lowest BCUT2D eigenvalue weighted by molar-refractivity contribution is -0.142. The van der Waals surface area contributed by atoms with E-state index >= 15 is 0 Å². The second-order valence-electron chi connectivity index (χ2n) is 6.42. The summed E-state index contributed by atoms with van der Waals surface area (Å²) in [6, 6.07) is 16.9. The van der Waals surface area contributed by atoms with E-state index in [9.17, 15) is 9.59 Å². The molecule has 0 aliphatic carbocycles. The Balaban J connectivity index is 1.67. The van der Waals surface area contributed by atoms with E-state index in [4.69, 9.17) is 9.94 Å². The molecule has 0 heterocycles. The van der Waals surface area contributed by atoms with Gasteiger partial charge in [0.1, 0.15) is 6.10 Å². The molecule has 2 aromatic carbocycles. The normalized spacial score (nSPS) is 11.6. The molecule has 2 aromatic rings. The molecule has 0 aromatic heterocycles. The molecule has 3 N–H and O–H groups in total. The number of carbonyl (C=O) groups is 2. The van der Waals surface area contributed by atoms with Crippen molar-refractivity contribution in [1.29, 1.82) is 0 Å². The van der Waals surface area contributed by atoms with Crippen LogP contribution >= 0.6 is 15.9 Å². The Hall–Kier alpha value is -2.22. The Morgan fingerprint density at radius 3 is 2.39 bits per heavy atom. The first-order valence-electron chi connectivity index (χ1n) is 9.23. The van der Waals surface area contributed by atoms with Gasteiger partial charge in [-0.2, -0.15) is 0 Å². The van der Waals surface area contributed by atoms with E-state index in [1.807, 2.05) is 54.6 Å². The van der Waals surface area contributed by atoms with Crippen LogP contribution in [0.15, 0.2) is 59.1 Å². The molecule has 0 radical (unpaired) electrons. The third kappa shape index (κ3) is 8.21. The molecule has 2 amide bonds. The van der Waals surface area contributed by atoms with E-state index in [-0.39, 0.29) is 12.5 Å². The van der Waals surface area contributed by atoms with E-state index in [1.165, 1.54) is 0 Å². The van der Waals surface area contributed by atoms with E-state index in [0.717, 1.165) is 35.0 Å². The lowest BCUT2D eigenvalue weighted by Gasteiger charge is -2.16. The predicted octanol–water partition coefficient (Wildman–Crippen LogP) is 4.43. The van der Waals surface area contributed by atoms with Gasteiger partial charge in [-0.1, -0.05) is 59.1 Å². The summed E-state index contributed by atoms with van der Waals surface area (Å²) in [6.45, 7) is 0.283. The van der Waals surface area contributed by atoms with Gasteiger partial charge in [0.05, 0.1) is 6.61 Å². The van der Waals surface area contributed by atoms with Crippen LogP contribution in [0.1, 0.15) is 37.7 Å². The van der Waals surface area contributed by atoms with Crippen LogP contribution in [-0.2, 0) is 20.9 Å². The first kappa shape index (κ1) is 22.1. The lowest BCUT2D eigenvalue weighted by Crippen LogP contribution is -2.34. The number of para-hydroxylation sites is 1. The molecule has 150 valence electrons. The summed E-state index contributed by atoms with van der Waals surface area (Å²) in [6.07, 6.45) is 2.40. The highest BCUT2D eigenvalue weighted by atomic mass is 79.9. The molecule has 0 saturated carbocycles. The van der Waals surface area contributed by atoms with Gasteiger partial charge < -0.3 is 10.1 Å². The maximum absolute atomic E-state index is 11.9. The molecular formula is C21H25BrN2O4. The zero-order valence-corrected chi connectivity index (χ0v) is 17.2. The molecule has 0 fully saturated rings. The third-order valence-corrected chi connectivity index (χ3v) is 4.72. The smallest absolute Gasteiger partial charge is 0.272 e. The van der Waals surface area contributed by atoms with Crippen molar-refractivity contribution in [3.05, 3.63) is 64.6 Å². The van der Waals surface area contributed by atoms with Crippen molar-refractivity contribution < 1.29 is 19.5 Å². The van der Waals surface area contributed by atoms with Gasteiger partial charge in [-0.15, -0.1) is 0 Å². The summed E-state index contributed by atoms with van der Waals surface area (Å²) in [5.41, 5.74) is 3.39. The highest BCUT2D eigenvalue weighted by Gasteiger charge is 2.18. The molecule has 0 spiro atoms. The second kappa shape index (κ2) is 12.3. The van der Waals surface area contributed by atoms with Gasteiger partial charge >= 0.3 is 0 Å². The Morgan fingerprint density at radius 2 is 1.71 bits per heavy atom. The fourth-order valence-electron chi connectivity index (χ4n) is 2.68. The van der Waals surface area contributed by atoms with Crippen LogP contribution in [0.3, 0.4) is 0 Å². The van der Waals surface area contributed by atoms with Crippen LogP contribution in [0.4, 0.5) is 5.69 Å².